The van der Waals surface area contributed by atoms with Crippen molar-refractivity contribution in [2.24, 2.45) is 5.73 Å². The third kappa shape index (κ3) is 3.33. The van der Waals surface area contributed by atoms with Gasteiger partial charge in [0.2, 0.25) is 11.8 Å². The van der Waals surface area contributed by atoms with Gasteiger partial charge in [-0.05, 0) is 48.0 Å². The molecule has 0 aliphatic carbocycles. The summed E-state index contributed by atoms with van der Waals surface area (Å²) in [5, 5.41) is 19.6. The first-order chi connectivity index (χ1) is 16.2. The number of H-pyrrole nitrogens is 1. The fraction of sp³-hybridized carbons (Fsp3) is 0.154. The van der Waals surface area contributed by atoms with E-state index >= 15 is 0 Å². The fourth-order valence-corrected chi connectivity index (χ4v) is 4.39. The van der Waals surface area contributed by atoms with E-state index in [1.807, 2.05) is 67.6 Å². The number of nitriles is 1. The van der Waals surface area contributed by atoms with E-state index < -0.39 is 5.92 Å². The van der Waals surface area contributed by atoms with Gasteiger partial charge in [0.1, 0.15) is 23.1 Å². The monoisotopic (exact) mass is 438 g/mol. The van der Waals surface area contributed by atoms with Crippen LogP contribution < -0.4 is 19.9 Å². The van der Waals surface area contributed by atoms with E-state index in [2.05, 4.69) is 16.3 Å². The maximum atomic E-state index is 10.1. The topological polar surface area (TPSA) is 106 Å². The van der Waals surface area contributed by atoms with Crippen LogP contribution in [0.5, 0.6) is 17.4 Å². The van der Waals surface area contributed by atoms with Crippen LogP contribution in [0.1, 0.15) is 24.0 Å². The molecule has 0 radical (unpaired) electrons. The molecule has 0 unspecified atom stereocenters. The van der Waals surface area contributed by atoms with Crippen molar-refractivity contribution in [1.29, 1.82) is 5.26 Å². The molecule has 1 atom stereocenters. The van der Waals surface area contributed by atoms with Crippen molar-refractivity contribution in [3.05, 3.63) is 83.2 Å². The lowest BCUT2D eigenvalue weighted by Crippen LogP contribution is -2.21. The molecular formula is C26H22N4O3. The number of allylic oxidation sites excluding steroid dienone is 1. The molecule has 3 N–H and O–H groups in total. The molecular weight excluding hydrogens is 416 g/mol. The third-order valence-corrected chi connectivity index (χ3v) is 5.83. The molecule has 0 spiro atoms. The number of rotatable bonds is 5. The summed E-state index contributed by atoms with van der Waals surface area (Å²) in [6.45, 7) is 2.53. The molecule has 33 heavy (non-hydrogen) atoms. The molecule has 2 heterocycles. The van der Waals surface area contributed by atoms with Crippen LogP contribution in [0.4, 0.5) is 0 Å². The second-order valence-corrected chi connectivity index (χ2v) is 7.60. The summed E-state index contributed by atoms with van der Waals surface area (Å²) in [7, 11) is 1.62. The number of hydrogen-bond donors (Lipinski definition) is 2. The van der Waals surface area contributed by atoms with Crippen LogP contribution in [0.3, 0.4) is 0 Å². The van der Waals surface area contributed by atoms with E-state index in [0.29, 0.717) is 23.8 Å². The minimum absolute atomic E-state index is 0.0368. The predicted molar refractivity (Wildman–Crippen MR) is 125 cm³/mol. The molecule has 164 valence electrons. The second-order valence-electron chi connectivity index (χ2n) is 7.60. The molecule has 5 rings (SSSR count). The second kappa shape index (κ2) is 8.24. The Morgan fingerprint density at radius 3 is 2.61 bits per heavy atom. The molecule has 4 aromatic rings. The van der Waals surface area contributed by atoms with Crippen LogP contribution in [-0.2, 0) is 0 Å². The first-order valence-electron chi connectivity index (χ1n) is 10.6. The van der Waals surface area contributed by atoms with Crippen LogP contribution >= 0.6 is 0 Å². The van der Waals surface area contributed by atoms with Crippen molar-refractivity contribution in [2.75, 3.05) is 13.7 Å². The van der Waals surface area contributed by atoms with E-state index in [-0.39, 0.29) is 5.88 Å². The quantitative estimate of drug-likeness (QED) is 0.461. The number of ether oxygens (including phenoxy) is 3. The maximum absolute atomic E-state index is 10.1. The highest BCUT2D eigenvalue weighted by Crippen LogP contribution is 2.49. The number of nitrogens with zero attached hydrogens (tertiary/aromatic N) is 2. The molecule has 7 heteroatoms. The molecule has 0 amide bonds. The van der Waals surface area contributed by atoms with Gasteiger partial charge in [-0.3, -0.25) is 5.10 Å². The van der Waals surface area contributed by atoms with Gasteiger partial charge in [-0.2, -0.15) is 5.26 Å². The van der Waals surface area contributed by atoms with Gasteiger partial charge >= 0.3 is 0 Å². The molecule has 0 bridgehead atoms. The highest BCUT2D eigenvalue weighted by Gasteiger charge is 2.38. The number of benzene rings is 3. The smallest absolute Gasteiger partial charge is 0.244 e. The number of aromatic amines is 1. The minimum atomic E-state index is -0.528. The molecule has 0 saturated carbocycles. The van der Waals surface area contributed by atoms with E-state index in [4.69, 9.17) is 19.9 Å². The van der Waals surface area contributed by atoms with Gasteiger partial charge < -0.3 is 19.9 Å². The summed E-state index contributed by atoms with van der Waals surface area (Å²) in [6.07, 6.45) is 0. The lowest BCUT2D eigenvalue weighted by Gasteiger charge is -2.26. The first-order valence-corrected chi connectivity index (χ1v) is 10.6. The number of fused-ring (bicyclic) bond motifs is 2. The average molecular weight is 438 g/mol. The molecule has 1 aromatic heterocycles. The Balaban J connectivity index is 1.78. The molecule has 0 saturated heterocycles. The Labute approximate surface area is 191 Å². The molecule has 3 aromatic carbocycles. The van der Waals surface area contributed by atoms with E-state index in [1.54, 1.807) is 7.11 Å². The van der Waals surface area contributed by atoms with Crippen LogP contribution in [0, 0.1) is 11.3 Å². The largest absolute Gasteiger partial charge is 0.496 e. The fourth-order valence-electron chi connectivity index (χ4n) is 4.39. The van der Waals surface area contributed by atoms with E-state index in [0.717, 1.165) is 38.9 Å². The Kier molecular flexibility index (Phi) is 5.11. The van der Waals surface area contributed by atoms with Crippen molar-refractivity contribution in [1.82, 2.24) is 10.2 Å². The van der Waals surface area contributed by atoms with Gasteiger partial charge in [-0.15, -0.1) is 5.10 Å². The highest BCUT2D eigenvalue weighted by atomic mass is 16.5. The number of methoxy groups -OCH3 is 1. The van der Waals surface area contributed by atoms with Crippen molar-refractivity contribution in [3.8, 4) is 34.7 Å². The van der Waals surface area contributed by atoms with Gasteiger partial charge in [-0.25, -0.2) is 0 Å². The lowest BCUT2D eigenvalue weighted by molar-refractivity contribution is 0.340. The molecule has 1 aliphatic heterocycles. The Hall–Kier alpha value is -4.44. The zero-order chi connectivity index (χ0) is 22.9. The van der Waals surface area contributed by atoms with Gasteiger partial charge in [0.15, 0.2) is 0 Å². The summed E-state index contributed by atoms with van der Waals surface area (Å²) >= 11 is 0. The highest BCUT2D eigenvalue weighted by molar-refractivity contribution is 5.90. The zero-order valence-corrected chi connectivity index (χ0v) is 18.3. The summed E-state index contributed by atoms with van der Waals surface area (Å²) in [4.78, 5) is 0. The minimum Gasteiger partial charge on any atom is -0.496 e. The maximum Gasteiger partial charge on any atom is 0.244 e. The normalized spacial score (nSPS) is 15.0. The molecule has 1 aliphatic rings. The SMILES string of the molecule is CCOc1ccc(-c2[nH]nc3c2[C@H](c2c(OC)ccc4ccccc24)C(C#N)=C(N)O3)cc1. The molecule has 7 nitrogen and oxygen atoms in total. The Morgan fingerprint density at radius 2 is 1.88 bits per heavy atom. The summed E-state index contributed by atoms with van der Waals surface area (Å²) in [5.41, 5.74) is 9.71. The van der Waals surface area contributed by atoms with Gasteiger partial charge in [0.25, 0.3) is 0 Å². The first kappa shape index (κ1) is 20.5. The van der Waals surface area contributed by atoms with Crippen molar-refractivity contribution >= 4 is 10.8 Å². The number of nitrogens with one attached hydrogen (secondary N) is 1. The summed E-state index contributed by atoms with van der Waals surface area (Å²) < 4.78 is 17.1. The van der Waals surface area contributed by atoms with E-state index in [1.165, 1.54) is 0 Å². The number of hydrogen-bond acceptors (Lipinski definition) is 6. The summed E-state index contributed by atoms with van der Waals surface area (Å²) in [6, 6.07) is 21.9. The Bertz CT molecular complexity index is 1410. The van der Waals surface area contributed by atoms with Crippen LogP contribution in [0.25, 0.3) is 22.0 Å². The van der Waals surface area contributed by atoms with Crippen molar-refractivity contribution in [2.45, 2.75) is 12.8 Å². The summed E-state index contributed by atoms with van der Waals surface area (Å²) in [5.74, 6) is 1.29. The van der Waals surface area contributed by atoms with E-state index in [9.17, 15) is 5.26 Å². The Morgan fingerprint density at radius 1 is 1.09 bits per heavy atom. The van der Waals surface area contributed by atoms with Crippen LogP contribution in [0.15, 0.2) is 72.1 Å². The van der Waals surface area contributed by atoms with Crippen molar-refractivity contribution < 1.29 is 14.2 Å². The predicted octanol–water partition coefficient (Wildman–Crippen LogP) is 4.86. The average Bonchev–Trinajstić information content (AvgIpc) is 3.26. The zero-order valence-electron chi connectivity index (χ0n) is 18.3. The molecule has 0 fully saturated rings. The van der Waals surface area contributed by atoms with Gasteiger partial charge in [0.05, 0.1) is 30.9 Å². The van der Waals surface area contributed by atoms with Gasteiger partial charge in [0, 0.05) is 11.1 Å². The van der Waals surface area contributed by atoms with Crippen LogP contribution in [-0.4, -0.2) is 23.9 Å². The lowest BCUT2D eigenvalue weighted by atomic mass is 9.80. The standard InChI is InChI=1S/C26H22N4O3/c1-3-32-17-11-8-16(9-12-17)24-23-22(19(14-27)25(28)33-26(23)30-29-24)21-18-7-5-4-6-15(18)10-13-20(21)31-2/h4-13,22H,3,28H2,1-2H3,(H,29,30)/t22-/m0/s1. The number of aromatic nitrogens is 2. The van der Waals surface area contributed by atoms with Crippen molar-refractivity contribution in [3.63, 3.8) is 0 Å². The third-order valence-electron chi connectivity index (χ3n) is 5.83. The van der Waals surface area contributed by atoms with Gasteiger partial charge in [-0.1, -0.05) is 30.3 Å². The number of nitrogens with two attached hydrogens (primary N) is 1. The van der Waals surface area contributed by atoms with Crippen LogP contribution in [0.2, 0.25) is 0 Å².